The number of carbonyl (C=O) groups is 1. The van der Waals surface area contributed by atoms with Crippen LogP contribution in [-0.2, 0) is 4.74 Å². The lowest BCUT2D eigenvalue weighted by atomic mass is 10.1. The van der Waals surface area contributed by atoms with Crippen LogP contribution in [-0.4, -0.2) is 23.1 Å². The summed E-state index contributed by atoms with van der Waals surface area (Å²) in [5.41, 5.74) is 6.90. The second kappa shape index (κ2) is 7.36. The van der Waals surface area contributed by atoms with Crippen molar-refractivity contribution in [1.29, 1.82) is 0 Å². The first-order valence-corrected chi connectivity index (χ1v) is 7.91. The van der Waals surface area contributed by atoms with E-state index in [1.807, 2.05) is 58.2 Å². The van der Waals surface area contributed by atoms with E-state index < -0.39 is 11.7 Å². The number of ether oxygens (including phenoxy) is 1. The molecule has 0 spiro atoms. The first-order chi connectivity index (χ1) is 9.71. The number of aliphatic imine (C=N–C) groups is 1. The quantitative estimate of drug-likeness (QED) is 0.661. The number of rotatable bonds is 3. The van der Waals surface area contributed by atoms with Crippen LogP contribution in [0.3, 0.4) is 0 Å². The number of hydrogen-bond acceptors (Lipinski definition) is 4. The van der Waals surface area contributed by atoms with Crippen LogP contribution in [0, 0.1) is 0 Å². The fraction of sp³-hybridized carbons (Fsp3) is 0.467. The van der Waals surface area contributed by atoms with Gasteiger partial charge in [0.1, 0.15) is 5.60 Å². The molecule has 1 atom stereocenters. The molecule has 1 unspecified atom stereocenters. The largest absolute Gasteiger partial charge is 0.444 e. The maximum Gasteiger partial charge on any atom is 0.408 e. The van der Waals surface area contributed by atoms with Crippen molar-refractivity contribution < 1.29 is 9.53 Å². The molecular weight excluding hydrogens is 286 g/mol. The van der Waals surface area contributed by atoms with Crippen molar-refractivity contribution in [3.05, 3.63) is 29.8 Å². The Hall–Kier alpha value is -1.69. The second-order valence-corrected chi connectivity index (χ2v) is 6.44. The van der Waals surface area contributed by atoms with E-state index in [2.05, 4.69) is 10.3 Å². The number of nitrogens with one attached hydrogen (secondary N) is 1. The van der Waals surface area contributed by atoms with Crippen LogP contribution in [0.5, 0.6) is 0 Å². The minimum Gasteiger partial charge on any atom is -0.444 e. The standard InChI is InChI=1S/C15H23N3O2S/c1-10(17-14(19)20-15(2,3)4)11-7-6-8-12(9-11)18-13(16)21-5/h6-10H,1-5H3,(H2,16,18)(H,17,19). The lowest BCUT2D eigenvalue weighted by Gasteiger charge is -2.22. The van der Waals surface area contributed by atoms with Gasteiger partial charge in [-0.1, -0.05) is 23.9 Å². The molecule has 6 heteroatoms. The Kier molecular flexibility index (Phi) is 6.08. The van der Waals surface area contributed by atoms with Crippen molar-refractivity contribution in [2.75, 3.05) is 6.26 Å². The van der Waals surface area contributed by atoms with Gasteiger partial charge in [0, 0.05) is 0 Å². The molecule has 0 saturated carbocycles. The predicted molar refractivity (Wildman–Crippen MR) is 89.0 cm³/mol. The number of hydrogen-bond donors (Lipinski definition) is 2. The molecule has 5 nitrogen and oxygen atoms in total. The molecule has 0 fully saturated rings. The molecule has 0 bridgehead atoms. The number of benzene rings is 1. The fourth-order valence-corrected chi connectivity index (χ4v) is 1.80. The molecule has 3 N–H and O–H groups in total. The molecule has 21 heavy (non-hydrogen) atoms. The van der Waals surface area contributed by atoms with E-state index in [0.717, 1.165) is 11.3 Å². The van der Waals surface area contributed by atoms with Gasteiger partial charge in [0.25, 0.3) is 0 Å². The van der Waals surface area contributed by atoms with Gasteiger partial charge < -0.3 is 15.8 Å². The Bertz CT molecular complexity index is 524. The van der Waals surface area contributed by atoms with Crippen molar-refractivity contribution in [1.82, 2.24) is 5.32 Å². The summed E-state index contributed by atoms with van der Waals surface area (Å²) in [6, 6.07) is 7.40. The number of thioether (sulfide) groups is 1. The summed E-state index contributed by atoms with van der Waals surface area (Å²) in [6.07, 6.45) is 1.43. The zero-order valence-corrected chi connectivity index (χ0v) is 14.0. The second-order valence-electron chi connectivity index (χ2n) is 5.62. The van der Waals surface area contributed by atoms with Gasteiger partial charge in [-0.2, -0.15) is 0 Å². The Balaban J connectivity index is 2.77. The van der Waals surface area contributed by atoms with E-state index in [9.17, 15) is 4.79 Å². The van der Waals surface area contributed by atoms with Gasteiger partial charge in [0.2, 0.25) is 0 Å². The first kappa shape index (κ1) is 17.4. The minimum atomic E-state index is -0.511. The Labute approximate surface area is 130 Å². The van der Waals surface area contributed by atoms with Crippen LogP contribution >= 0.6 is 11.8 Å². The molecule has 116 valence electrons. The molecule has 0 aromatic heterocycles. The monoisotopic (exact) mass is 309 g/mol. The highest BCUT2D eigenvalue weighted by Crippen LogP contribution is 2.20. The summed E-state index contributed by atoms with van der Waals surface area (Å²) in [7, 11) is 0. The van der Waals surface area contributed by atoms with Crippen molar-refractivity contribution in [3.63, 3.8) is 0 Å². The number of nitrogens with zero attached hydrogens (tertiary/aromatic N) is 1. The van der Waals surface area contributed by atoms with Crippen LogP contribution < -0.4 is 11.1 Å². The average Bonchev–Trinajstić information content (AvgIpc) is 2.36. The lowest BCUT2D eigenvalue weighted by Crippen LogP contribution is -2.34. The summed E-state index contributed by atoms with van der Waals surface area (Å²) in [5.74, 6) is 0. The Morgan fingerprint density at radius 3 is 2.67 bits per heavy atom. The molecule has 0 radical (unpaired) electrons. The molecule has 1 rings (SSSR count). The van der Waals surface area contributed by atoms with Gasteiger partial charge >= 0.3 is 6.09 Å². The molecule has 0 aliphatic heterocycles. The third-order valence-corrected chi connectivity index (χ3v) is 3.06. The summed E-state index contributed by atoms with van der Waals surface area (Å²) in [5, 5.41) is 3.30. The summed E-state index contributed by atoms with van der Waals surface area (Å²) in [6.45, 7) is 7.39. The summed E-state index contributed by atoms with van der Waals surface area (Å²) < 4.78 is 5.24. The molecule has 0 aliphatic rings. The highest BCUT2D eigenvalue weighted by atomic mass is 32.2. The third kappa shape index (κ3) is 6.53. The molecule has 0 heterocycles. The number of amides is 1. The van der Waals surface area contributed by atoms with Crippen molar-refractivity contribution in [3.8, 4) is 0 Å². The van der Waals surface area contributed by atoms with Crippen LogP contribution in [0.4, 0.5) is 10.5 Å². The number of amidine groups is 1. The molecule has 1 aromatic rings. The van der Waals surface area contributed by atoms with E-state index in [-0.39, 0.29) is 6.04 Å². The van der Waals surface area contributed by atoms with Gasteiger partial charge in [-0.3, -0.25) is 0 Å². The van der Waals surface area contributed by atoms with Crippen LogP contribution in [0.25, 0.3) is 0 Å². The Morgan fingerprint density at radius 1 is 1.43 bits per heavy atom. The van der Waals surface area contributed by atoms with Gasteiger partial charge in [-0.15, -0.1) is 0 Å². The normalized spacial score (nSPS) is 13.7. The topological polar surface area (TPSA) is 76.7 Å². The van der Waals surface area contributed by atoms with Gasteiger partial charge in [0.15, 0.2) is 5.17 Å². The SMILES string of the molecule is CSC(N)=Nc1cccc(C(C)NC(=O)OC(C)(C)C)c1. The number of alkyl carbamates (subject to hydrolysis) is 1. The molecular formula is C15H23N3O2S. The molecule has 1 aromatic carbocycles. The maximum absolute atomic E-state index is 11.8. The van der Waals surface area contributed by atoms with E-state index >= 15 is 0 Å². The summed E-state index contributed by atoms with van der Waals surface area (Å²) >= 11 is 1.39. The number of carbonyl (C=O) groups excluding carboxylic acids is 1. The van der Waals surface area contributed by atoms with E-state index in [1.54, 1.807) is 0 Å². The van der Waals surface area contributed by atoms with Crippen LogP contribution in [0.1, 0.15) is 39.3 Å². The van der Waals surface area contributed by atoms with E-state index in [1.165, 1.54) is 11.8 Å². The van der Waals surface area contributed by atoms with Crippen molar-refractivity contribution in [2.24, 2.45) is 10.7 Å². The van der Waals surface area contributed by atoms with Crippen LogP contribution in [0.15, 0.2) is 29.3 Å². The van der Waals surface area contributed by atoms with Gasteiger partial charge in [-0.25, -0.2) is 9.79 Å². The van der Waals surface area contributed by atoms with Gasteiger partial charge in [-0.05, 0) is 51.6 Å². The molecule has 0 saturated heterocycles. The van der Waals surface area contributed by atoms with E-state index in [4.69, 9.17) is 10.5 Å². The smallest absolute Gasteiger partial charge is 0.408 e. The zero-order chi connectivity index (χ0) is 16.0. The molecule has 0 aliphatic carbocycles. The summed E-state index contributed by atoms with van der Waals surface area (Å²) in [4.78, 5) is 16.0. The average molecular weight is 309 g/mol. The minimum absolute atomic E-state index is 0.175. The van der Waals surface area contributed by atoms with Crippen molar-refractivity contribution in [2.45, 2.75) is 39.3 Å². The fourth-order valence-electron chi connectivity index (χ4n) is 1.60. The Morgan fingerprint density at radius 2 is 2.10 bits per heavy atom. The predicted octanol–water partition coefficient (Wildman–Crippen LogP) is 3.58. The highest BCUT2D eigenvalue weighted by molar-refractivity contribution is 8.13. The first-order valence-electron chi connectivity index (χ1n) is 6.69. The zero-order valence-electron chi connectivity index (χ0n) is 13.1. The van der Waals surface area contributed by atoms with Gasteiger partial charge in [0.05, 0.1) is 11.7 Å². The van der Waals surface area contributed by atoms with Crippen molar-refractivity contribution >= 4 is 28.7 Å². The number of nitrogens with two attached hydrogens (primary N) is 1. The third-order valence-electron chi connectivity index (χ3n) is 2.55. The highest BCUT2D eigenvalue weighted by Gasteiger charge is 2.18. The van der Waals surface area contributed by atoms with Crippen LogP contribution in [0.2, 0.25) is 0 Å². The molecule has 1 amide bonds. The van der Waals surface area contributed by atoms with E-state index in [0.29, 0.717) is 5.17 Å². The lowest BCUT2D eigenvalue weighted by molar-refractivity contribution is 0.0508. The maximum atomic E-state index is 11.8.